The average Bonchev–Trinajstić information content (AvgIpc) is 2.80. The lowest BCUT2D eigenvalue weighted by molar-refractivity contribution is 0.685. The number of anilines is 1. The summed E-state index contributed by atoms with van der Waals surface area (Å²) in [6.07, 6.45) is 2.84. The summed E-state index contributed by atoms with van der Waals surface area (Å²) in [7, 11) is 0. The van der Waals surface area contributed by atoms with Crippen LogP contribution in [0.15, 0.2) is 35.8 Å². The third kappa shape index (κ3) is 3.32. The molecule has 2 aromatic rings. The SMILES string of the molecule is Nc1ccc(CNCCc2nccs2)cc1. The van der Waals surface area contributed by atoms with Gasteiger partial charge in [-0.25, -0.2) is 4.98 Å². The van der Waals surface area contributed by atoms with Crippen LogP contribution >= 0.6 is 11.3 Å². The van der Waals surface area contributed by atoms with Crippen molar-refractivity contribution in [2.75, 3.05) is 12.3 Å². The van der Waals surface area contributed by atoms with Crippen LogP contribution in [0.2, 0.25) is 0 Å². The maximum atomic E-state index is 5.62. The van der Waals surface area contributed by atoms with Gasteiger partial charge in [-0.15, -0.1) is 11.3 Å². The maximum absolute atomic E-state index is 5.62. The van der Waals surface area contributed by atoms with E-state index in [1.165, 1.54) is 10.6 Å². The number of nitrogens with zero attached hydrogens (tertiary/aromatic N) is 1. The molecule has 84 valence electrons. The monoisotopic (exact) mass is 233 g/mol. The molecule has 0 aliphatic rings. The van der Waals surface area contributed by atoms with Crippen LogP contribution in [0, 0.1) is 0 Å². The Morgan fingerprint density at radius 1 is 1.25 bits per heavy atom. The van der Waals surface area contributed by atoms with Crippen LogP contribution in [0.5, 0.6) is 0 Å². The van der Waals surface area contributed by atoms with E-state index in [1.54, 1.807) is 11.3 Å². The van der Waals surface area contributed by atoms with Gasteiger partial charge < -0.3 is 11.1 Å². The number of nitrogen functional groups attached to an aromatic ring is 1. The molecule has 0 aliphatic heterocycles. The van der Waals surface area contributed by atoms with Gasteiger partial charge in [-0.05, 0) is 17.7 Å². The van der Waals surface area contributed by atoms with Gasteiger partial charge in [0.15, 0.2) is 0 Å². The first-order valence-electron chi connectivity index (χ1n) is 5.28. The maximum Gasteiger partial charge on any atom is 0.0937 e. The number of rotatable bonds is 5. The second-order valence-electron chi connectivity index (χ2n) is 3.59. The normalized spacial score (nSPS) is 10.5. The fourth-order valence-corrected chi connectivity index (χ4v) is 2.06. The van der Waals surface area contributed by atoms with Gasteiger partial charge >= 0.3 is 0 Å². The predicted octanol–water partition coefficient (Wildman–Crippen LogP) is 2.06. The number of hydrogen-bond acceptors (Lipinski definition) is 4. The lowest BCUT2D eigenvalue weighted by Gasteiger charge is -2.03. The zero-order valence-corrected chi connectivity index (χ0v) is 9.83. The summed E-state index contributed by atoms with van der Waals surface area (Å²) in [6.45, 7) is 1.84. The molecular weight excluding hydrogens is 218 g/mol. The van der Waals surface area contributed by atoms with E-state index in [1.807, 2.05) is 35.8 Å². The first-order chi connectivity index (χ1) is 7.84. The second kappa shape index (κ2) is 5.63. The molecule has 0 atom stereocenters. The Balaban J connectivity index is 1.70. The van der Waals surface area contributed by atoms with E-state index in [2.05, 4.69) is 10.3 Å². The van der Waals surface area contributed by atoms with Crippen molar-refractivity contribution in [3.05, 3.63) is 46.4 Å². The molecule has 1 heterocycles. The lowest BCUT2D eigenvalue weighted by Crippen LogP contribution is -2.16. The fraction of sp³-hybridized carbons (Fsp3) is 0.250. The van der Waals surface area contributed by atoms with Gasteiger partial charge in [-0.1, -0.05) is 12.1 Å². The van der Waals surface area contributed by atoms with Gasteiger partial charge in [0.2, 0.25) is 0 Å². The van der Waals surface area contributed by atoms with E-state index in [0.717, 1.165) is 25.2 Å². The topological polar surface area (TPSA) is 50.9 Å². The highest BCUT2D eigenvalue weighted by Crippen LogP contribution is 2.06. The van der Waals surface area contributed by atoms with E-state index in [9.17, 15) is 0 Å². The minimum Gasteiger partial charge on any atom is -0.399 e. The van der Waals surface area contributed by atoms with Crippen molar-refractivity contribution in [1.82, 2.24) is 10.3 Å². The molecule has 0 saturated carbocycles. The van der Waals surface area contributed by atoms with Crippen molar-refractivity contribution < 1.29 is 0 Å². The molecule has 0 radical (unpaired) electrons. The smallest absolute Gasteiger partial charge is 0.0937 e. The van der Waals surface area contributed by atoms with Gasteiger partial charge in [0.25, 0.3) is 0 Å². The zero-order chi connectivity index (χ0) is 11.2. The van der Waals surface area contributed by atoms with Gasteiger partial charge in [0.05, 0.1) is 5.01 Å². The Kier molecular flexibility index (Phi) is 3.91. The second-order valence-corrected chi connectivity index (χ2v) is 4.57. The lowest BCUT2D eigenvalue weighted by atomic mass is 10.2. The summed E-state index contributed by atoms with van der Waals surface area (Å²) < 4.78 is 0. The summed E-state index contributed by atoms with van der Waals surface area (Å²) in [4.78, 5) is 4.23. The Morgan fingerprint density at radius 2 is 2.06 bits per heavy atom. The first kappa shape index (κ1) is 11.1. The van der Waals surface area contributed by atoms with Crippen molar-refractivity contribution in [3.63, 3.8) is 0 Å². The number of nitrogens with two attached hydrogens (primary N) is 1. The minimum absolute atomic E-state index is 0.812. The molecule has 0 unspecified atom stereocenters. The Bertz CT molecular complexity index is 408. The van der Waals surface area contributed by atoms with Crippen molar-refractivity contribution in [2.24, 2.45) is 0 Å². The van der Waals surface area contributed by atoms with Crippen molar-refractivity contribution in [1.29, 1.82) is 0 Å². The summed E-state index contributed by atoms with van der Waals surface area (Å²) in [6, 6.07) is 7.95. The van der Waals surface area contributed by atoms with Crippen molar-refractivity contribution >= 4 is 17.0 Å². The van der Waals surface area contributed by atoms with E-state index >= 15 is 0 Å². The van der Waals surface area contributed by atoms with Gasteiger partial charge in [-0.3, -0.25) is 0 Å². The standard InChI is InChI=1S/C12H15N3S/c13-11-3-1-10(2-4-11)9-14-6-5-12-15-7-8-16-12/h1-4,7-8,14H,5-6,9,13H2. The molecule has 0 saturated heterocycles. The molecule has 1 aromatic carbocycles. The van der Waals surface area contributed by atoms with Crippen LogP contribution in [0.3, 0.4) is 0 Å². The molecule has 0 amide bonds. The molecular formula is C12H15N3S. The predicted molar refractivity (Wildman–Crippen MR) is 68.4 cm³/mol. The molecule has 0 bridgehead atoms. The first-order valence-corrected chi connectivity index (χ1v) is 6.16. The molecule has 16 heavy (non-hydrogen) atoms. The van der Waals surface area contributed by atoms with Gasteiger partial charge in [0.1, 0.15) is 0 Å². The summed E-state index contributed by atoms with van der Waals surface area (Å²) in [5, 5.41) is 6.58. The van der Waals surface area contributed by atoms with E-state index in [4.69, 9.17) is 5.73 Å². The summed E-state index contributed by atoms with van der Waals surface area (Å²) in [5.74, 6) is 0. The molecule has 1 aromatic heterocycles. The highest BCUT2D eigenvalue weighted by atomic mass is 32.1. The Hall–Kier alpha value is -1.39. The van der Waals surface area contributed by atoms with Gasteiger partial charge in [0, 0.05) is 36.8 Å². The summed E-state index contributed by atoms with van der Waals surface area (Å²) >= 11 is 1.70. The quantitative estimate of drug-likeness (QED) is 0.614. The van der Waals surface area contributed by atoms with Crippen LogP contribution in [0.4, 0.5) is 5.69 Å². The van der Waals surface area contributed by atoms with E-state index in [-0.39, 0.29) is 0 Å². The van der Waals surface area contributed by atoms with Crippen LogP contribution in [-0.4, -0.2) is 11.5 Å². The largest absolute Gasteiger partial charge is 0.399 e. The third-order valence-electron chi connectivity index (χ3n) is 2.31. The number of hydrogen-bond donors (Lipinski definition) is 2. The van der Waals surface area contributed by atoms with Crippen LogP contribution < -0.4 is 11.1 Å². The number of thiazole rings is 1. The Morgan fingerprint density at radius 3 is 2.75 bits per heavy atom. The molecule has 2 rings (SSSR count). The highest BCUT2D eigenvalue weighted by molar-refractivity contribution is 7.09. The van der Waals surface area contributed by atoms with E-state index < -0.39 is 0 Å². The van der Waals surface area contributed by atoms with Crippen LogP contribution in [0.1, 0.15) is 10.6 Å². The molecule has 3 N–H and O–H groups in total. The third-order valence-corrected chi connectivity index (χ3v) is 3.15. The molecule has 0 fully saturated rings. The highest BCUT2D eigenvalue weighted by Gasteiger charge is 1.95. The van der Waals surface area contributed by atoms with Crippen molar-refractivity contribution in [2.45, 2.75) is 13.0 Å². The summed E-state index contributed by atoms with van der Waals surface area (Å²) in [5.41, 5.74) is 7.69. The van der Waals surface area contributed by atoms with Crippen LogP contribution in [0.25, 0.3) is 0 Å². The molecule has 4 heteroatoms. The molecule has 3 nitrogen and oxygen atoms in total. The zero-order valence-electron chi connectivity index (χ0n) is 9.02. The molecule has 0 spiro atoms. The number of aromatic nitrogens is 1. The van der Waals surface area contributed by atoms with Gasteiger partial charge in [-0.2, -0.15) is 0 Å². The van der Waals surface area contributed by atoms with Crippen LogP contribution in [-0.2, 0) is 13.0 Å². The number of nitrogens with one attached hydrogen (secondary N) is 1. The Labute approximate surface area is 99.3 Å². The average molecular weight is 233 g/mol. The fourth-order valence-electron chi connectivity index (χ4n) is 1.44. The van der Waals surface area contributed by atoms with E-state index in [0.29, 0.717) is 0 Å². The minimum atomic E-state index is 0.812. The van der Waals surface area contributed by atoms with Crippen molar-refractivity contribution in [3.8, 4) is 0 Å². The molecule has 0 aliphatic carbocycles. The number of benzene rings is 1.